The minimum absolute atomic E-state index is 0.193. The van der Waals surface area contributed by atoms with Crippen LogP contribution in [0.3, 0.4) is 0 Å². The molecule has 0 aliphatic carbocycles. The maximum absolute atomic E-state index is 12.7. The quantitative estimate of drug-likeness (QED) is 0.810. The molecule has 0 spiro atoms. The lowest BCUT2D eigenvalue weighted by Gasteiger charge is -1.93. The number of halogens is 1. The molecule has 4 heteroatoms. The zero-order valence-electron chi connectivity index (χ0n) is 9.40. The Balaban J connectivity index is 2.04. The summed E-state index contributed by atoms with van der Waals surface area (Å²) in [6.45, 7) is 0.193. The molecule has 0 bridgehead atoms. The molecule has 1 heterocycles. The van der Waals surface area contributed by atoms with Crippen LogP contribution in [0.2, 0.25) is 0 Å². The fraction of sp³-hybridized carbons (Fsp3) is 0.308. The van der Waals surface area contributed by atoms with Gasteiger partial charge in [-0.05, 0) is 37.1 Å². The first-order chi connectivity index (χ1) is 8.29. The van der Waals surface area contributed by atoms with Crippen LogP contribution in [0.25, 0.3) is 11.3 Å². The normalized spacial score (nSPS) is 10.7. The summed E-state index contributed by atoms with van der Waals surface area (Å²) >= 11 is 0. The van der Waals surface area contributed by atoms with Gasteiger partial charge in [-0.15, -0.1) is 0 Å². The summed E-state index contributed by atoms with van der Waals surface area (Å²) in [6.07, 6.45) is 2.38. The molecule has 17 heavy (non-hydrogen) atoms. The van der Waals surface area contributed by atoms with Gasteiger partial charge in [0.15, 0.2) is 0 Å². The molecule has 0 unspecified atom stereocenters. The Kier molecular flexibility index (Phi) is 3.88. The molecule has 0 radical (unpaired) electrons. The van der Waals surface area contributed by atoms with Crippen LogP contribution in [0.5, 0.6) is 0 Å². The Morgan fingerprint density at radius 3 is 2.65 bits per heavy atom. The van der Waals surface area contributed by atoms with Gasteiger partial charge < -0.3 is 9.63 Å². The Morgan fingerprint density at radius 2 is 1.94 bits per heavy atom. The van der Waals surface area contributed by atoms with Gasteiger partial charge in [-0.3, -0.25) is 0 Å². The van der Waals surface area contributed by atoms with Gasteiger partial charge in [-0.25, -0.2) is 4.39 Å². The molecule has 0 atom stereocenters. The Hall–Kier alpha value is -1.68. The van der Waals surface area contributed by atoms with Gasteiger partial charge in [0.05, 0.1) is 0 Å². The highest BCUT2D eigenvalue weighted by Gasteiger charge is 2.06. The number of unbranched alkanes of at least 4 members (excludes halogenated alkanes) is 1. The standard InChI is InChI=1S/C13H14FNO2/c14-11-6-4-10(5-7-11)13-9-12(17-15-13)3-1-2-8-16/h4-7,9,16H,1-3,8H2. The van der Waals surface area contributed by atoms with Crippen molar-refractivity contribution in [2.24, 2.45) is 0 Å². The van der Waals surface area contributed by atoms with E-state index in [1.807, 2.05) is 6.07 Å². The highest BCUT2D eigenvalue weighted by Crippen LogP contribution is 2.20. The van der Waals surface area contributed by atoms with E-state index in [0.717, 1.165) is 30.6 Å². The second-order valence-corrected chi connectivity index (χ2v) is 3.87. The maximum atomic E-state index is 12.7. The summed E-state index contributed by atoms with van der Waals surface area (Å²) in [5.74, 6) is 0.526. The van der Waals surface area contributed by atoms with Crippen molar-refractivity contribution in [1.82, 2.24) is 5.16 Å². The highest BCUT2D eigenvalue weighted by molar-refractivity contribution is 5.58. The van der Waals surface area contributed by atoms with Crippen LogP contribution in [0.15, 0.2) is 34.9 Å². The van der Waals surface area contributed by atoms with Crippen LogP contribution in [-0.4, -0.2) is 16.9 Å². The van der Waals surface area contributed by atoms with Crippen LogP contribution in [-0.2, 0) is 6.42 Å². The zero-order chi connectivity index (χ0) is 12.1. The molecule has 0 saturated carbocycles. The molecule has 2 rings (SSSR count). The summed E-state index contributed by atoms with van der Waals surface area (Å²) in [4.78, 5) is 0. The summed E-state index contributed by atoms with van der Waals surface area (Å²) in [5, 5.41) is 12.6. The number of nitrogens with zero attached hydrogens (tertiary/aromatic N) is 1. The van der Waals surface area contributed by atoms with E-state index >= 15 is 0 Å². The van der Waals surface area contributed by atoms with E-state index in [1.54, 1.807) is 12.1 Å². The smallest absolute Gasteiger partial charge is 0.137 e. The predicted molar refractivity (Wildman–Crippen MR) is 61.9 cm³/mol. The number of aliphatic hydroxyl groups excluding tert-OH is 1. The first kappa shape index (κ1) is 11.8. The maximum Gasteiger partial charge on any atom is 0.137 e. The summed E-state index contributed by atoms with van der Waals surface area (Å²) in [7, 11) is 0. The van der Waals surface area contributed by atoms with Gasteiger partial charge in [-0.2, -0.15) is 0 Å². The third-order valence-corrected chi connectivity index (χ3v) is 2.53. The van der Waals surface area contributed by atoms with Crippen LogP contribution < -0.4 is 0 Å². The molecule has 90 valence electrons. The molecule has 1 aromatic heterocycles. The van der Waals surface area contributed by atoms with Crippen molar-refractivity contribution in [2.75, 3.05) is 6.61 Å². The fourth-order valence-corrected chi connectivity index (χ4v) is 1.60. The molecule has 3 nitrogen and oxygen atoms in total. The minimum Gasteiger partial charge on any atom is -0.396 e. The second kappa shape index (κ2) is 5.59. The van der Waals surface area contributed by atoms with Crippen LogP contribution in [0.4, 0.5) is 4.39 Å². The van der Waals surface area contributed by atoms with Gasteiger partial charge in [0, 0.05) is 24.7 Å². The van der Waals surface area contributed by atoms with E-state index in [2.05, 4.69) is 5.16 Å². The van der Waals surface area contributed by atoms with Crippen molar-refractivity contribution in [3.05, 3.63) is 41.9 Å². The SMILES string of the molecule is OCCCCc1cc(-c2ccc(F)cc2)no1. The van der Waals surface area contributed by atoms with E-state index in [1.165, 1.54) is 12.1 Å². The largest absolute Gasteiger partial charge is 0.396 e. The first-order valence-corrected chi connectivity index (χ1v) is 5.62. The molecule has 1 N–H and O–H groups in total. The third kappa shape index (κ3) is 3.14. The van der Waals surface area contributed by atoms with Crippen molar-refractivity contribution in [2.45, 2.75) is 19.3 Å². The lowest BCUT2D eigenvalue weighted by Crippen LogP contribution is -1.86. The van der Waals surface area contributed by atoms with E-state index in [-0.39, 0.29) is 12.4 Å². The molecular weight excluding hydrogens is 221 g/mol. The third-order valence-electron chi connectivity index (χ3n) is 2.53. The van der Waals surface area contributed by atoms with Crippen LogP contribution in [0.1, 0.15) is 18.6 Å². The van der Waals surface area contributed by atoms with Gasteiger partial charge in [0.25, 0.3) is 0 Å². The van der Waals surface area contributed by atoms with Crippen LogP contribution in [0, 0.1) is 5.82 Å². The van der Waals surface area contributed by atoms with Gasteiger partial charge in [0.2, 0.25) is 0 Å². The van der Waals surface area contributed by atoms with Crippen LogP contribution >= 0.6 is 0 Å². The predicted octanol–water partition coefficient (Wildman–Crippen LogP) is 2.80. The number of hydrogen-bond acceptors (Lipinski definition) is 3. The number of aromatic nitrogens is 1. The molecule has 0 amide bonds. The van der Waals surface area contributed by atoms with Gasteiger partial charge >= 0.3 is 0 Å². The lowest BCUT2D eigenvalue weighted by molar-refractivity contribution is 0.281. The molecule has 0 saturated heterocycles. The lowest BCUT2D eigenvalue weighted by atomic mass is 10.1. The molecule has 0 aliphatic rings. The second-order valence-electron chi connectivity index (χ2n) is 3.87. The van der Waals surface area contributed by atoms with E-state index < -0.39 is 0 Å². The number of aryl methyl sites for hydroxylation is 1. The molecule has 0 fully saturated rings. The Labute approximate surface area is 98.9 Å². The van der Waals surface area contributed by atoms with E-state index in [4.69, 9.17) is 9.63 Å². The molecule has 1 aromatic carbocycles. The number of benzene rings is 1. The first-order valence-electron chi connectivity index (χ1n) is 5.62. The van der Waals surface area contributed by atoms with Crippen molar-refractivity contribution >= 4 is 0 Å². The van der Waals surface area contributed by atoms with E-state index in [9.17, 15) is 4.39 Å². The van der Waals surface area contributed by atoms with Crippen molar-refractivity contribution in [1.29, 1.82) is 0 Å². The fourth-order valence-electron chi connectivity index (χ4n) is 1.60. The highest BCUT2D eigenvalue weighted by atomic mass is 19.1. The summed E-state index contributed by atoms with van der Waals surface area (Å²) < 4.78 is 17.9. The number of rotatable bonds is 5. The van der Waals surface area contributed by atoms with Crippen molar-refractivity contribution in [3.63, 3.8) is 0 Å². The minimum atomic E-state index is -0.264. The van der Waals surface area contributed by atoms with E-state index in [0.29, 0.717) is 5.69 Å². The average Bonchev–Trinajstić information content (AvgIpc) is 2.79. The average molecular weight is 235 g/mol. The van der Waals surface area contributed by atoms with Gasteiger partial charge in [0.1, 0.15) is 17.3 Å². The Bertz CT molecular complexity index is 465. The summed E-state index contributed by atoms with van der Waals surface area (Å²) in [5.41, 5.74) is 1.55. The Morgan fingerprint density at radius 1 is 1.18 bits per heavy atom. The number of hydrogen-bond donors (Lipinski definition) is 1. The summed E-state index contributed by atoms with van der Waals surface area (Å²) in [6, 6.07) is 7.99. The van der Waals surface area contributed by atoms with Crippen molar-refractivity contribution in [3.8, 4) is 11.3 Å². The monoisotopic (exact) mass is 235 g/mol. The van der Waals surface area contributed by atoms with Crippen molar-refractivity contribution < 1.29 is 14.0 Å². The molecule has 0 aliphatic heterocycles. The molecule has 2 aromatic rings. The van der Waals surface area contributed by atoms with Gasteiger partial charge in [-0.1, -0.05) is 5.16 Å². The molecular formula is C13H14FNO2. The number of aliphatic hydroxyl groups is 1. The zero-order valence-corrected chi connectivity index (χ0v) is 9.40. The topological polar surface area (TPSA) is 46.3 Å².